The van der Waals surface area contributed by atoms with Gasteiger partial charge in [0.05, 0.1) is 11.3 Å². The maximum absolute atomic E-state index is 12.7. The van der Waals surface area contributed by atoms with Crippen LogP contribution in [0, 0.1) is 0 Å². The number of rotatable bonds is 2. The molecule has 0 saturated carbocycles. The van der Waals surface area contributed by atoms with Gasteiger partial charge in [0.2, 0.25) is 0 Å². The van der Waals surface area contributed by atoms with E-state index in [0.717, 1.165) is 12.1 Å². The van der Waals surface area contributed by atoms with Crippen LogP contribution in [0.1, 0.15) is 31.0 Å². The van der Waals surface area contributed by atoms with Crippen molar-refractivity contribution in [3.63, 3.8) is 0 Å². The molecule has 1 heterocycles. The normalized spacial score (nSPS) is 11.9. The van der Waals surface area contributed by atoms with Crippen LogP contribution in [-0.2, 0) is 6.18 Å². The summed E-state index contributed by atoms with van der Waals surface area (Å²) in [5.74, 6) is 0.0512. The zero-order valence-electron chi connectivity index (χ0n) is 11.0. The molecule has 6 heteroatoms. The summed E-state index contributed by atoms with van der Waals surface area (Å²) in [7, 11) is 0. The minimum atomic E-state index is -4.42. The van der Waals surface area contributed by atoms with Crippen molar-refractivity contribution in [1.29, 1.82) is 0 Å². The predicted octanol–water partition coefficient (Wildman–Crippen LogP) is 3.58. The molecule has 0 fully saturated rings. The van der Waals surface area contributed by atoms with Gasteiger partial charge >= 0.3 is 11.9 Å². The van der Waals surface area contributed by atoms with Gasteiger partial charge in [-0.2, -0.15) is 18.2 Å². The van der Waals surface area contributed by atoms with E-state index in [9.17, 15) is 18.0 Å². The maximum atomic E-state index is 12.7. The molecule has 0 unspecified atom stereocenters. The van der Waals surface area contributed by atoms with Crippen molar-refractivity contribution < 1.29 is 13.2 Å². The second-order valence-electron chi connectivity index (χ2n) is 4.76. The highest BCUT2D eigenvalue weighted by molar-refractivity contribution is 5.60. The Morgan fingerprint density at radius 1 is 1.20 bits per heavy atom. The van der Waals surface area contributed by atoms with E-state index in [1.165, 1.54) is 12.1 Å². The SMILES string of the molecule is CC(C)c1cc(-c2cccc(C(F)(F)F)c2)nc(=O)[nH]1. The molecule has 0 saturated heterocycles. The molecule has 0 aliphatic rings. The minimum Gasteiger partial charge on any atom is -0.310 e. The van der Waals surface area contributed by atoms with Gasteiger partial charge in [-0.15, -0.1) is 0 Å². The van der Waals surface area contributed by atoms with Crippen molar-refractivity contribution >= 4 is 0 Å². The molecule has 3 nitrogen and oxygen atoms in total. The molecule has 2 rings (SSSR count). The summed E-state index contributed by atoms with van der Waals surface area (Å²) in [5, 5.41) is 0. The number of hydrogen-bond donors (Lipinski definition) is 1. The first kappa shape index (κ1) is 14.3. The first-order chi connectivity index (χ1) is 9.27. The molecule has 20 heavy (non-hydrogen) atoms. The zero-order valence-corrected chi connectivity index (χ0v) is 11.0. The van der Waals surface area contributed by atoms with E-state index in [1.807, 2.05) is 13.8 Å². The molecule has 0 amide bonds. The molecular weight excluding hydrogens is 269 g/mol. The van der Waals surface area contributed by atoms with Crippen LogP contribution >= 0.6 is 0 Å². The van der Waals surface area contributed by atoms with E-state index < -0.39 is 17.4 Å². The summed E-state index contributed by atoms with van der Waals surface area (Å²) in [4.78, 5) is 17.8. The quantitative estimate of drug-likeness (QED) is 0.915. The van der Waals surface area contributed by atoms with Crippen molar-refractivity contribution in [3.05, 3.63) is 52.1 Å². The molecule has 0 aliphatic carbocycles. The Kier molecular flexibility index (Phi) is 3.65. The van der Waals surface area contributed by atoms with Crippen LogP contribution < -0.4 is 5.69 Å². The monoisotopic (exact) mass is 282 g/mol. The summed E-state index contributed by atoms with van der Waals surface area (Å²) in [5.41, 5.74) is -0.180. The van der Waals surface area contributed by atoms with Gasteiger partial charge in [-0.25, -0.2) is 4.79 Å². The smallest absolute Gasteiger partial charge is 0.310 e. The molecule has 1 aromatic carbocycles. The van der Waals surface area contributed by atoms with Crippen molar-refractivity contribution in [2.75, 3.05) is 0 Å². The third kappa shape index (κ3) is 3.07. The van der Waals surface area contributed by atoms with Crippen LogP contribution in [0.25, 0.3) is 11.3 Å². The number of halogens is 3. The van der Waals surface area contributed by atoms with E-state index in [4.69, 9.17) is 0 Å². The van der Waals surface area contributed by atoms with Gasteiger partial charge in [0, 0.05) is 11.3 Å². The average Bonchev–Trinajstić information content (AvgIpc) is 2.37. The number of alkyl halides is 3. The van der Waals surface area contributed by atoms with E-state index in [-0.39, 0.29) is 17.2 Å². The predicted molar refractivity (Wildman–Crippen MR) is 69.4 cm³/mol. The Bertz CT molecular complexity index is 675. The van der Waals surface area contributed by atoms with Crippen LogP contribution in [0.4, 0.5) is 13.2 Å². The lowest BCUT2D eigenvalue weighted by Crippen LogP contribution is -2.14. The fraction of sp³-hybridized carbons (Fsp3) is 0.286. The van der Waals surface area contributed by atoms with Crippen LogP contribution in [0.3, 0.4) is 0 Å². The summed E-state index contributed by atoms with van der Waals surface area (Å²) in [6, 6.07) is 6.38. The second-order valence-corrected chi connectivity index (χ2v) is 4.76. The van der Waals surface area contributed by atoms with E-state index in [2.05, 4.69) is 9.97 Å². The summed E-state index contributed by atoms with van der Waals surface area (Å²) in [6.07, 6.45) is -4.42. The van der Waals surface area contributed by atoms with Crippen LogP contribution in [0.15, 0.2) is 35.1 Å². The highest BCUT2D eigenvalue weighted by Crippen LogP contribution is 2.31. The lowest BCUT2D eigenvalue weighted by Gasteiger charge is -2.10. The van der Waals surface area contributed by atoms with Crippen molar-refractivity contribution in [2.45, 2.75) is 25.9 Å². The minimum absolute atomic E-state index is 0.0512. The standard InChI is InChI=1S/C14H13F3N2O/c1-8(2)11-7-12(19-13(20)18-11)9-4-3-5-10(6-9)14(15,16)17/h3-8H,1-2H3,(H,18,19,20). The van der Waals surface area contributed by atoms with Gasteiger partial charge in [0.1, 0.15) is 0 Å². The number of H-pyrrole nitrogens is 1. The molecular formula is C14H13F3N2O. The molecule has 0 aliphatic heterocycles. The van der Waals surface area contributed by atoms with Crippen molar-refractivity contribution in [1.82, 2.24) is 9.97 Å². The number of aromatic amines is 1. The molecule has 1 N–H and O–H groups in total. The Balaban J connectivity index is 2.54. The summed E-state index contributed by atoms with van der Waals surface area (Å²) < 4.78 is 38.0. The fourth-order valence-electron chi connectivity index (χ4n) is 1.79. The highest BCUT2D eigenvalue weighted by atomic mass is 19.4. The molecule has 0 spiro atoms. The van der Waals surface area contributed by atoms with Gasteiger partial charge < -0.3 is 4.98 Å². The van der Waals surface area contributed by atoms with Gasteiger partial charge in [0.25, 0.3) is 0 Å². The molecule has 0 bridgehead atoms. The maximum Gasteiger partial charge on any atom is 0.416 e. The Labute approximate surface area is 113 Å². The number of hydrogen-bond acceptors (Lipinski definition) is 2. The largest absolute Gasteiger partial charge is 0.416 e. The van der Waals surface area contributed by atoms with Crippen molar-refractivity contribution in [2.24, 2.45) is 0 Å². The lowest BCUT2D eigenvalue weighted by molar-refractivity contribution is -0.137. The Hall–Kier alpha value is -2.11. The van der Waals surface area contributed by atoms with E-state index in [0.29, 0.717) is 5.69 Å². The van der Waals surface area contributed by atoms with Crippen molar-refractivity contribution in [3.8, 4) is 11.3 Å². The summed E-state index contributed by atoms with van der Waals surface area (Å²) in [6.45, 7) is 3.75. The first-order valence-electron chi connectivity index (χ1n) is 6.06. The van der Waals surface area contributed by atoms with Gasteiger partial charge in [0.15, 0.2) is 0 Å². The fourth-order valence-corrected chi connectivity index (χ4v) is 1.79. The zero-order chi connectivity index (χ0) is 14.9. The van der Waals surface area contributed by atoms with Gasteiger partial charge in [-0.1, -0.05) is 26.0 Å². The lowest BCUT2D eigenvalue weighted by atomic mass is 10.0. The second kappa shape index (κ2) is 5.11. The number of nitrogens with zero attached hydrogens (tertiary/aromatic N) is 1. The van der Waals surface area contributed by atoms with Gasteiger partial charge in [-0.3, -0.25) is 0 Å². The molecule has 106 valence electrons. The third-order valence-electron chi connectivity index (χ3n) is 2.87. The van der Waals surface area contributed by atoms with E-state index in [1.54, 1.807) is 6.07 Å². The Morgan fingerprint density at radius 2 is 1.90 bits per heavy atom. The van der Waals surface area contributed by atoms with Crippen LogP contribution in [-0.4, -0.2) is 9.97 Å². The van der Waals surface area contributed by atoms with Crippen LogP contribution in [0.5, 0.6) is 0 Å². The molecule has 1 aromatic heterocycles. The third-order valence-corrected chi connectivity index (χ3v) is 2.87. The molecule has 2 aromatic rings. The average molecular weight is 282 g/mol. The summed E-state index contributed by atoms with van der Waals surface area (Å²) >= 11 is 0. The van der Waals surface area contributed by atoms with Crippen LogP contribution in [0.2, 0.25) is 0 Å². The Morgan fingerprint density at radius 3 is 2.50 bits per heavy atom. The van der Waals surface area contributed by atoms with E-state index >= 15 is 0 Å². The molecule has 0 radical (unpaired) electrons. The highest BCUT2D eigenvalue weighted by Gasteiger charge is 2.30. The number of aromatic nitrogens is 2. The molecule has 0 atom stereocenters. The first-order valence-corrected chi connectivity index (χ1v) is 6.06. The van der Waals surface area contributed by atoms with Gasteiger partial charge in [-0.05, 0) is 24.1 Å². The topological polar surface area (TPSA) is 45.8 Å². The number of nitrogens with one attached hydrogen (secondary N) is 1. The number of benzene rings is 1.